The maximum Gasteiger partial charge on any atom is 0.406 e. The minimum atomic E-state index is -1.79. The fourth-order valence-electron chi connectivity index (χ4n) is 5.61. The standard InChI is InChI=1S/C27H30N2O10.ClH/c1-11-21(30)15(28)7-17(38-11)39-16-9-27(36,10-37-26(35)29-2)8-14-18(16)25(34)20-19(24(14)33)22(31)12-5-3-4-6-13(12)23(20)32;/h3-6,11,15-17,21,30,33-34,36H,7-10,28H2,1-2H3,(H,29,35);1H/t11?,15?,16-,17?,21?,27-;/m0./s1. The second-order valence-corrected chi connectivity index (χ2v) is 10.3. The molecule has 1 fully saturated rings. The van der Waals surface area contributed by atoms with Gasteiger partial charge in [0.25, 0.3) is 0 Å². The number of carbonyl (C=O) groups excluding carboxylic acids is 3. The van der Waals surface area contributed by atoms with Crippen LogP contribution in [0, 0.1) is 0 Å². The lowest BCUT2D eigenvalue weighted by atomic mass is 9.73. The summed E-state index contributed by atoms with van der Waals surface area (Å²) in [6.07, 6.45) is -5.05. The molecule has 1 aliphatic heterocycles. The van der Waals surface area contributed by atoms with Crippen molar-refractivity contribution in [2.75, 3.05) is 13.7 Å². The molecule has 2 aliphatic carbocycles. The Kier molecular flexibility index (Phi) is 8.14. The molecule has 6 atom stereocenters. The number of hydrogen-bond donors (Lipinski definition) is 6. The topological polar surface area (TPSA) is 198 Å². The molecule has 40 heavy (non-hydrogen) atoms. The summed E-state index contributed by atoms with van der Waals surface area (Å²) in [6.45, 7) is 1.11. The summed E-state index contributed by atoms with van der Waals surface area (Å²) in [4.78, 5) is 38.5. The zero-order valence-corrected chi connectivity index (χ0v) is 22.6. The molecule has 12 nitrogen and oxygen atoms in total. The molecule has 0 aromatic heterocycles. The number of alkyl carbamates (subject to hydrolysis) is 1. The minimum absolute atomic E-state index is 0. The zero-order valence-electron chi connectivity index (χ0n) is 21.7. The van der Waals surface area contributed by atoms with Crippen LogP contribution in [0.25, 0.3) is 0 Å². The van der Waals surface area contributed by atoms with E-state index in [1.807, 2.05) is 0 Å². The van der Waals surface area contributed by atoms with Crippen molar-refractivity contribution >= 4 is 30.1 Å². The molecule has 0 radical (unpaired) electrons. The zero-order chi connectivity index (χ0) is 28.2. The van der Waals surface area contributed by atoms with Gasteiger partial charge in [-0.25, -0.2) is 4.79 Å². The molecule has 0 spiro atoms. The first-order valence-corrected chi connectivity index (χ1v) is 12.6. The van der Waals surface area contributed by atoms with Gasteiger partial charge in [0.2, 0.25) is 0 Å². The van der Waals surface area contributed by atoms with Gasteiger partial charge in [0.05, 0.1) is 29.4 Å². The Balaban J connectivity index is 0.00000370. The summed E-state index contributed by atoms with van der Waals surface area (Å²) >= 11 is 0. The molecule has 0 saturated carbocycles. The third-order valence-corrected chi connectivity index (χ3v) is 7.60. The molecular formula is C27H31ClN2O10. The number of carbonyl (C=O) groups is 3. The number of halogens is 1. The molecule has 1 amide bonds. The molecule has 3 aliphatic rings. The van der Waals surface area contributed by atoms with Crippen LogP contribution in [0.1, 0.15) is 68.8 Å². The van der Waals surface area contributed by atoms with Crippen LogP contribution >= 0.6 is 12.4 Å². The molecule has 2 aromatic carbocycles. The van der Waals surface area contributed by atoms with Gasteiger partial charge in [-0.1, -0.05) is 24.3 Å². The third kappa shape index (κ3) is 4.91. The van der Waals surface area contributed by atoms with Crippen molar-refractivity contribution in [2.24, 2.45) is 5.73 Å². The SMILES string of the molecule is CNC(=O)OC[C@]1(O)Cc2c(O)c3c(c(O)c2[C@@H](OC2CC(N)C(O)C(C)O2)C1)C(=O)c1ccccc1C3=O.Cl. The van der Waals surface area contributed by atoms with Crippen LogP contribution in [-0.4, -0.2) is 81.9 Å². The number of phenols is 2. The number of hydrogen-bond acceptors (Lipinski definition) is 11. The van der Waals surface area contributed by atoms with Gasteiger partial charge in [-0.05, 0) is 6.92 Å². The smallest absolute Gasteiger partial charge is 0.406 e. The molecule has 216 valence electrons. The van der Waals surface area contributed by atoms with Crippen molar-refractivity contribution in [3.05, 3.63) is 57.6 Å². The molecule has 1 heterocycles. The Morgan fingerprint density at radius 3 is 2.33 bits per heavy atom. The Hall–Kier alpha value is -3.26. The highest BCUT2D eigenvalue weighted by atomic mass is 35.5. The fraction of sp³-hybridized carbons (Fsp3) is 0.444. The number of phenolic OH excluding ortho intramolecular Hbond substituents is 2. The Morgan fingerprint density at radius 1 is 1.15 bits per heavy atom. The van der Waals surface area contributed by atoms with E-state index in [-0.39, 0.29) is 65.1 Å². The predicted octanol–water partition coefficient (Wildman–Crippen LogP) is 1.21. The number of aromatic hydroxyl groups is 2. The van der Waals surface area contributed by atoms with E-state index in [1.165, 1.54) is 19.2 Å². The number of ketones is 2. The monoisotopic (exact) mass is 578 g/mol. The van der Waals surface area contributed by atoms with Crippen molar-refractivity contribution in [3.63, 3.8) is 0 Å². The second kappa shape index (κ2) is 11.0. The van der Waals surface area contributed by atoms with Crippen molar-refractivity contribution in [1.29, 1.82) is 0 Å². The molecule has 13 heteroatoms. The van der Waals surface area contributed by atoms with Gasteiger partial charge in [0, 0.05) is 54.6 Å². The number of fused-ring (bicyclic) bond motifs is 3. The number of nitrogens with two attached hydrogens (primary N) is 1. The number of aliphatic hydroxyl groups is 2. The number of nitrogens with one attached hydrogen (secondary N) is 1. The van der Waals surface area contributed by atoms with Gasteiger partial charge in [-0.2, -0.15) is 0 Å². The maximum absolute atomic E-state index is 13.4. The van der Waals surface area contributed by atoms with Crippen molar-refractivity contribution in [2.45, 2.75) is 62.4 Å². The van der Waals surface area contributed by atoms with Crippen molar-refractivity contribution < 1.29 is 49.0 Å². The average molecular weight is 579 g/mol. The highest BCUT2D eigenvalue weighted by Gasteiger charge is 2.48. The van der Waals surface area contributed by atoms with Crippen LogP contribution in [0.5, 0.6) is 11.5 Å². The number of aliphatic hydroxyl groups excluding tert-OH is 1. The van der Waals surface area contributed by atoms with Gasteiger partial charge in [-0.15, -0.1) is 12.4 Å². The largest absolute Gasteiger partial charge is 0.507 e. The summed E-state index contributed by atoms with van der Waals surface area (Å²) in [5.74, 6) is -2.44. The van der Waals surface area contributed by atoms with E-state index in [2.05, 4.69) is 5.32 Å². The number of amides is 1. The quantitative estimate of drug-likeness (QED) is 0.243. The van der Waals surface area contributed by atoms with E-state index in [0.717, 1.165) is 0 Å². The summed E-state index contributed by atoms with van der Waals surface area (Å²) < 4.78 is 17.0. The van der Waals surface area contributed by atoms with E-state index in [4.69, 9.17) is 19.9 Å². The second-order valence-electron chi connectivity index (χ2n) is 10.3. The number of benzene rings is 2. The van der Waals surface area contributed by atoms with Crippen LogP contribution in [0.15, 0.2) is 24.3 Å². The molecule has 7 N–H and O–H groups in total. The fourth-order valence-corrected chi connectivity index (χ4v) is 5.61. The maximum atomic E-state index is 13.4. The lowest BCUT2D eigenvalue weighted by Crippen LogP contribution is -2.52. The van der Waals surface area contributed by atoms with Gasteiger partial charge >= 0.3 is 6.09 Å². The summed E-state index contributed by atoms with van der Waals surface area (Å²) in [6, 6.07) is 5.39. The van der Waals surface area contributed by atoms with E-state index in [1.54, 1.807) is 19.1 Å². The van der Waals surface area contributed by atoms with E-state index in [0.29, 0.717) is 0 Å². The summed E-state index contributed by atoms with van der Waals surface area (Å²) in [5, 5.41) is 46.7. The van der Waals surface area contributed by atoms with Crippen LogP contribution in [0.2, 0.25) is 0 Å². The Morgan fingerprint density at radius 2 is 1.75 bits per heavy atom. The van der Waals surface area contributed by atoms with Crippen LogP contribution in [0.4, 0.5) is 4.79 Å². The Bertz CT molecular complexity index is 1360. The van der Waals surface area contributed by atoms with Crippen molar-refractivity contribution in [3.8, 4) is 11.5 Å². The molecule has 4 unspecified atom stereocenters. The van der Waals surface area contributed by atoms with E-state index < -0.39 is 72.0 Å². The third-order valence-electron chi connectivity index (χ3n) is 7.60. The van der Waals surface area contributed by atoms with Crippen LogP contribution < -0.4 is 11.1 Å². The van der Waals surface area contributed by atoms with E-state index >= 15 is 0 Å². The normalized spacial score (nSPS) is 29.0. The van der Waals surface area contributed by atoms with Crippen LogP contribution in [0.3, 0.4) is 0 Å². The highest BCUT2D eigenvalue weighted by molar-refractivity contribution is 6.30. The molecule has 2 aromatic rings. The lowest BCUT2D eigenvalue weighted by molar-refractivity contribution is -0.248. The first-order valence-electron chi connectivity index (χ1n) is 12.6. The van der Waals surface area contributed by atoms with Crippen molar-refractivity contribution in [1.82, 2.24) is 5.32 Å². The van der Waals surface area contributed by atoms with E-state index in [9.17, 15) is 34.8 Å². The average Bonchev–Trinajstić information content (AvgIpc) is 2.90. The van der Waals surface area contributed by atoms with Gasteiger partial charge < -0.3 is 45.7 Å². The van der Waals surface area contributed by atoms with Crippen LogP contribution in [-0.2, 0) is 20.6 Å². The van der Waals surface area contributed by atoms with Gasteiger partial charge in [0.15, 0.2) is 17.9 Å². The van der Waals surface area contributed by atoms with Gasteiger partial charge in [-0.3, -0.25) is 9.59 Å². The minimum Gasteiger partial charge on any atom is -0.507 e. The molecule has 1 saturated heterocycles. The van der Waals surface area contributed by atoms with Gasteiger partial charge in [0.1, 0.15) is 23.7 Å². The first-order chi connectivity index (χ1) is 18.5. The Labute approximate surface area is 235 Å². The molecule has 5 rings (SSSR count). The highest BCUT2D eigenvalue weighted by Crippen LogP contribution is 2.51. The molecule has 0 bridgehead atoms. The number of ether oxygens (including phenoxy) is 3. The predicted molar refractivity (Wildman–Crippen MR) is 141 cm³/mol. The molecular weight excluding hydrogens is 548 g/mol. The lowest BCUT2D eigenvalue weighted by Gasteiger charge is -2.42. The summed E-state index contributed by atoms with van der Waals surface area (Å²) in [5.41, 5.74) is 3.64. The number of rotatable bonds is 4. The first kappa shape index (κ1) is 29.7. The summed E-state index contributed by atoms with van der Waals surface area (Å²) in [7, 11) is 1.35.